The molecular weight excluding hydrogens is 404 g/mol. The molecule has 0 saturated carbocycles. The van der Waals surface area contributed by atoms with Crippen LogP contribution in [0.1, 0.15) is 22.8 Å². The Hall–Kier alpha value is -4.32. The Morgan fingerprint density at radius 1 is 1.10 bits per heavy atom. The van der Waals surface area contributed by atoms with E-state index in [9.17, 15) is 19.6 Å². The summed E-state index contributed by atoms with van der Waals surface area (Å²) >= 11 is 0. The van der Waals surface area contributed by atoms with Gasteiger partial charge in [-0.05, 0) is 55.0 Å². The molecule has 1 amide bonds. The zero-order valence-electron chi connectivity index (χ0n) is 16.9. The summed E-state index contributed by atoms with van der Waals surface area (Å²) in [6.07, 6.45) is 1.36. The highest BCUT2D eigenvalue weighted by atomic mass is 16.5. The van der Waals surface area contributed by atoms with Crippen LogP contribution in [0, 0.1) is 11.3 Å². The molecule has 0 radical (unpaired) electrons. The van der Waals surface area contributed by atoms with Crippen LogP contribution in [0.5, 0.6) is 11.5 Å². The number of aliphatic carboxylic acids is 1. The van der Waals surface area contributed by atoms with E-state index in [1.807, 2.05) is 6.07 Å². The van der Waals surface area contributed by atoms with E-state index in [0.717, 1.165) is 0 Å². The van der Waals surface area contributed by atoms with E-state index < -0.39 is 24.5 Å². The highest BCUT2D eigenvalue weighted by Crippen LogP contribution is 2.29. The molecule has 0 aliphatic carbocycles. The minimum Gasteiger partial charge on any atom is -0.490 e. The van der Waals surface area contributed by atoms with Crippen LogP contribution in [0.4, 0.5) is 5.69 Å². The molecule has 9 nitrogen and oxygen atoms in total. The maximum Gasteiger partial charge on any atom is 0.341 e. The van der Waals surface area contributed by atoms with Gasteiger partial charge in [-0.1, -0.05) is 6.07 Å². The lowest BCUT2D eigenvalue weighted by atomic mass is 10.1. The highest BCUT2D eigenvalue weighted by molar-refractivity contribution is 6.09. The van der Waals surface area contributed by atoms with Crippen molar-refractivity contribution < 1.29 is 33.7 Å². The molecule has 2 aromatic carbocycles. The first-order valence-corrected chi connectivity index (χ1v) is 9.10. The van der Waals surface area contributed by atoms with Crippen molar-refractivity contribution in [2.75, 3.05) is 25.6 Å². The lowest BCUT2D eigenvalue weighted by Crippen LogP contribution is -2.13. The molecule has 2 N–H and O–H groups in total. The molecule has 2 aromatic rings. The van der Waals surface area contributed by atoms with Crippen LogP contribution >= 0.6 is 0 Å². The minimum absolute atomic E-state index is 0.168. The fourth-order valence-corrected chi connectivity index (χ4v) is 2.46. The van der Waals surface area contributed by atoms with E-state index in [4.69, 9.17) is 14.6 Å². The number of benzene rings is 2. The van der Waals surface area contributed by atoms with E-state index in [-0.39, 0.29) is 17.1 Å². The number of methoxy groups -OCH3 is 1. The Kier molecular flexibility index (Phi) is 8.16. The Bertz CT molecular complexity index is 1040. The van der Waals surface area contributed by atoms with E-state index in [2.05, 4.69) is 10.1 Å². The smallest absolute Gasteiger partial charge is 0.341 e. The third kappa shape index (κ3) is 6.61. The summed E-state index contributed by atoms with van der Waals surface area (Å²) in [5.41, 5.74) is 1.04. The van der Waals surface area contributed by atoms with Crippen molar-refractivity contribution in [2.24, 2.45) is 0 Å². The number of hydrogen-bond donors (Lipinski definition) is 2. The molecule has 31 heavy (non-hydrogen) atoms. The van der Waals surface area contributed by atoms with Gasteiger partial charge in [-0.3, -0.25) is 4.79 Å². The fourth-order valence-electron chi connectivity index (χ4n) is 2.46. The molecule has 0 saturated heterocycles. The first kappa shape index (κ1) is 23.0. The summed E-state index contributed by atoms with van der Waals surface area (Å²) in [6, 6.07) is 12.4. The largest absolute Gasteiger partial charge is 0.490 e. The second kappa shape index (κ2) is 11.0. The van der Waals surface area contributed by atoms with Crippen LogP contribution < -0.4 is 14.8 Å². The number of carboxylic acids is 1. The Morgan fingerprint density at radius 2 is 1.81 bits per heavy atom. The highest BCUT2D eigenvalue weighted by Gasteiger charge is 2.13. The van der Waals surface area contributed by atoms with Gasteiger partial charge in [0.1, 0.15) is 11.6 Å². The predicted molar refractivity (Wildman–Crippen MR) is 111 cm³/mol. The van der Waals surface area contributed by atoms with Gasteiger partial charge in [0.2, 0.25) is 0 Å². The lowest BCUT2D eigenvalue weighted by Gasteiger charge is -2.11. The normalized spacial score (nSPS) is 10.5. The molecule has 0 aliphatic rings. The molecule has 0 atom stereocenters. The van der Waals surface area contributed by atoms with Gasteiger partial charge >= 0.3 is 11.9 Å². The number of esters is 1. The molecule has 0 spiro atoms. The van der Waals surface area contributed by atoms with Crippen LogP contribution in [-0.2, 0) is 14.3 Å². The van der Waals surface area contributed by atoms with Crippen LogP contribution in [0.15, 0.2) is 48.0 Å². The summed E-state index contributed by atoms with van der Waals surface area (Å²) in [5, 5.41) is 20.7. The number of nitriles is 1. The molecule has 9 heteroatoms. The average molecular weight is 424 g/mol. The summed E-state index contributed by atoms with van der Waals surface area (Å²) < 4.78 is 15.2. The summed E-state index contributed by atoms with van der Waals surface area (Å²) in [6.45, 7) is 1.53. The van der Waals surface area contributed by atoms with Gasteiger partial charge in [-0.2, -0.15) is 5.26 Å². The number of hydrogen-bond acceptors (Lipinski definition) is 7. The number of carbonyl (C=O) groups excluding carboxylic acids is 2. The monoisotopic (exact) mass is 424 g/mol. The van der Waals surface area contributed by atoms with Crippen LogP contribution in [0.2, 0.25) is 0 Å². The van der Waals surface area contributed by atoms with E-state index in [1.165, 1.54) is 49.6 Å². The summed E-state index contributed by atoms with van der Waals surface area (Å²) in [7, 11) is 1.27. The van der Waals surface area contributed by atoms with Gasteiger partial charge in [0, 0.05) is 5.69 Å². The maximum atomic E-state index is 12.5. The summed E-state index contributed by atoms with van der Waals surface area (Å²) in [5.74, 6) is -1.76. The number of nitrogens with one attached hydrogen (secondary N) is 1. The zero-order valence-corrected chi connectivity index (χ0v) is 16.9. The number of carboxylic acid groups (broad SMARTS) is 1. The average Bonchev–Trinajstić information content (AvgIpc) is 2.76. The number of nitrogens with zero attached hydrogens (tertiary/aromatic N) is 1. The van der Waals surface area contributed by atoms with Gasteiger partial charge in [0.15, 0.2) is 18.1 Å². The van der Waals surface area contributed by atoms with E-state index >= 15 is 0 Å². The standard InChI is InChI=1S/C22H20N2O7/c1-3-30-19-11-14(4-9-18(19)31-13-20(25)26)10-16(12-23)21(27)24-17-7-5-15(6-8-17)22(28)29-2/h4-11H,3,13H2,1-2H3,(H,24,27)(H,25,26)/b16-10+. The van der Waals surface area contributed by atoms with Crippen LogP contribution in [0.25, 0.3) is 6.08 Å². The Labute approximate surface area is 178 Å². The van der Waals surface area contributed by atoms with Crippen molar-refractivity contribution in [3.05, 3.63) is 59.2 Å². The number of rotatable bonds is 9. The van der Waals surface area contributed by atoms with Crippen molar-refractivity contribution in [1.29, 1.82) is 5.26 Å². The molecular formula is C22H20N2O7. The fraction of sp³-hybridized carbons (Fsp3) is 0.182. The molecule has 0 unspecified atom stereocenters. The molecule has 160 valence electrons. The maximum absolute atomic E-state index is 12.5. The molecule has 0 aromatic heterocycles. The van der Waals surface area contributed by atoms with Gasteiger partial charge in [-0.15, -0.1) is 0 Å². The van der Waals surface area contributed by atoms with Gasteiger partial charge in [0.25, 0.3) is 5.91 Å². The van der Waals surface area contributed by atoms with Crippen LogP contribution in [0.3, 0.4) is 0 Å². The van der Waals surface area contributed by atoms with Crippen molar-refractivity contribution in [3.63, 3.8) is 0 Å². The zero-order chi connectivity index (χ0) is 22.8. The van der Waals surface area contributed by atoms with E-state index in [0.29, 0.717) is 23.4 Å². The number of anilines is 1. The third-order valence-corrected chi connectivity index (χ3v) is 3.86. The minimum atomic E-state index is -1.13. The first-order chi connectivity index (χ1) is 14.9. The SMILES string of the molecule is CCOc1cc(/C=C(\C#N)C(=O)Nc2ccc(C(=O)OC)cc2)ccc1OCC(=O)O. The third-order valence-electron chi connectivity index (χ3n) is 3.86. The molecule has 2 rings (SSSR count). The quantitative estimate of drug-likeness (QED) is 0.356. The molecule has 0 aliphatic heterocycles. The van der Waals surface area contributed by atoms with Crippen molar-refractivity contribution in [1.82, 2.24) is 0 Å². The van der Waals surface area contributed by atoms with Gasteiger partial charge < -0.3 is 24.6 Å². The van der Waals surface area contributed by atoms with Crippen molar-refractivity contribution in [2.45, 2.75) is 6.92 Å². The topological polar surface area (TPSA) is 135 Å². The lowest BCUT2D eigenvalue weighted by molar-refractivity contribution is -0.139. The van der Waals surface area contributed by atoms with Crippen molar-refractivity contribution >= 4 is 29.6 Å². The number of amides is 1. The summed E-state index contributed by atoms with van der Waals surface area (Å²) in [4.78, 5) is 34.6. The number of carbonyl (C=O) groups is 3. The van der Waals surface area contributed by atoms with Crippen molar-refractivity contribution in [3.8, 4) is 17.6 Å². The van der Waals surface area contributed by atoms with Crippen LogP contribution in [-0.4, -0.2) is 43.3 Å². The first-order valence-electron chi connectivity index (χ1n) is 9.10. The Balaban J connectivity index is 2.20. The second-order valence-corrected chi connectivity index (χ2v) is 6.01. The molecule has 0 heterocycles. The molecule has 0 bridgehead atoms. The molecule has 0 fully saturated rings. The van der Waals surface area contributed by atoms with Gasteiger partial charge in [0.05, 0.1) is 19.3 Å². The Morgan fingerprint density at radius 3 is 2.39 bits per heavy atom. The van der Waals surface area contributed by atoms with Gasteiger partial charge in [-0.25, -0.2) is 9.59 Å². The second-order valence-electron chi connectivity index (χ2n) is 6.01. The number of ether oxygens (including phenoxy) is 3. The van der Waals surface area contributed by atoms with E-state index in [1.54, 1.807) is 13.0 Å². The predicted octanol–water partition coefficient (Wildman–Crippen LogP) is 2.88.